The van der Waals surface area contributed by atoms with Gasteiger partial charge in [-0.1, -0.05) is 333 Å². The van der Waals surface area contributed by atoms with Gasteiger partial charge in [0, 0.05) is 19.3 Å². The molecule has 0 aliphatic rings. The van der Waals surface area contributed by atoms with Crippen LogP contribution in [0, 0.1) is 0 Å². The van der Waals surface area contributed by atoms with E-state index in [1.54, 1.807) is 0 Å². The molecular formula is C70H130O6. The van der Waals surface area contributed by atoms with Gasteiger partial charge in [-0.2, -0.15) is 0 Å². The molecule has 0 saturated carbocycles. The molecule has 1 unspecified atom stereocenters. The minimum atomic E-state index is -0.776. The number of ether oxygens (including phenoxy) is 3. The maximum absolute atomic E-state index is 12.9. The summed E-state index contributed by atoms with van der Waals surface area (Å²) in [4.78, 5) is 38.2. The lowest BCUT2D eigenvalue weighted by Crippen LogP contribution is -2.30. The van der Waals surface area contributed by atoms with E-state index in [0.717, 1.165) is 77.0 Å². The average Bonchev–Trinajstić information content (AvgIpc) is 3.42. The topological polar surface area (TPSA) is 78.9 Å². The summed E-state index contributed by atoms with van der Waals surface area (Å²) in [6, 6.07) is 0. The van der Waals surface area contributed by atoms with E-state index in [1.165, 1.54) is 257 Å². The first-order chi connectivity index (χ1) is 37.5. The summed E-state index contributed by atoms with van der Waals surface area (Å²) < 4.78 is 16.9. The maximum atomic E-state index is 12.9. The zero-order valence-corrected chi connectivity index (χ0v) is 51.3. The van der Waals surface area contributed by atoms with Crippen LogP contribution in [0.1, 0.15) is 374 Å². The highest BCUT2D eigenvalue weighted by Gasteiger charge is 2.19. The first-order valence-corrected chi connectivity index (χ1v) is 34.0. The lowest BCUT2D eigenvalue weighted by molar-refractivity contribution is -0.167. The lowest BCUT2D eigenvalue weighted by atomic mass is 10.0. The van der Waals surface area contributed by atoms with Gasteiger partial charge in [0.1, 0.15) is 13.2 Å². The Hall–Kier alpha value is -2.37. The smallest absolute Gasteiger partial charge is 0.306 e. The van der Waals surface area contributed by atoms with E-state index in [-0.39, 0.29) is 31.1 Å². The highest BCUT2D eigenvalue weighted by atomic mass is 16.6. The molecule has 0 spiro atoms. The summed E-state index contributed by atoms with van der Waals surface area (Å²) in [7, 11) is 0. The van der Waals surface area contributed by atoms with Crippen LogP contribution in [0.5, 0.6) is 0 Å². The van der Waals surface area contributed by atoms with Crippen LogP contribution in [0.25, 0.3) is 0 Å². The summed E-state index contributed by atoms with van der Waals surface area (Å²) >= 11 is 0. The van der Waals surface area contributed by atoms with Crippen LogP contribution < -0.4 is 0 Å². The van der Waals surface area contributed by atoms with Gasteiger partial charge in [-0.25, -0.2) is 0 Å². The summed E-state index contributed by atoms with van der Waals surface area (Å²) in [5.41, 5.74) is 0. The van der Waals surface area contributed by atoms with E-state index >= 15 is 0 Å². The fraction of sp³-hybridized carbons (Fsp3) is 0.871. The Kier molecular flexibility index (Phi) is 63.1. The van der Waals surface area contributed by atoms with Crippen LogP contribution >= 0.6 is 0 Å². The number of hydrogen-bond acceptors (Lipinski definition) is 6. The van der Waals surface area contributed by atoms with Gasteiger partial charge >= 0.3 is 17.9 Å². The first kappa shape index (κ1) is 73.6. The Labute approximate surface area is 474 Å². The standard InChI is InChI=1S/C70H130O6/c1-4-7-10-13-16-19-22-24-26-28-30-31-32-33-34-35-36-37-38-39-41-42-44-46-48-51-54-57-60-63-69(72)75-66-67(65-74-68(71)62-59-56-53-50-21-18-15-12-9-6-3)76-70(73)64-61-58-55-52-49-47-45-43-40-29-27-25-23-20-17-14-11-8-5-2/h17,20,25,27,40,43,67H,4-16,18-19,21-24,26,28-39,41-42,44-66H2,1-3H3/b20-17-,27-25-,43-40-. The number of hydrogen-bond donors (Lipinski definition) is 0. The monoisotopic (exact) mass is 1070 g/mol. The molecule has 0 bridgehead atoms. The zero-order valence-electron chi connectivity index (χ0n) is 51.3. The van der Waals surface area contributed by atoms with Crippen molar-refractivity contribution in [3.63, 3.8) is 0 Å². The lowest BCUT2D eigenvalue weighted by Gasteiger charge is -2.18. The van der Waals surface area contributed by atoms with Crippen molar-refractivity contribution in [2.24, 2.45) is 0 Å². The van der Waals surface area contributed by atoms with E-state index < -0.39 is 6.10 Å². The molecule has 0 rings (SSSR count). The molecule has 0 radical (unpaired) electrons. The van der Waals surface area contributed by atoms with Crippen LogP contribution in [0.3, 0.4) is 0 Å². The fourth-order valence-electron chi connectivity index (χ4n) is 10.3. The summed E-state index contributed by atoms with van der Waals surface area (Å²) in [6.45, 7) is 6.65. The summed E-state index contributed by atoms with van der Waals surface area (Å²) in [6.07, 6.45) is 80.4. The van der Waals surface area contributed by atoms with Gasteiger partial charge in [0.25, 0.3) is 0 Å². The molecule has 0 N–H and O–H groups in total. The normalized spacial score (nSPS) is 12.2. The van der Waals surface area contributed by atoms with E-state index in [4.69, 9.17) is 14.2 Å². The van der Waals surface area contributed by atoms with Gasteiger partial charge in [0.05, 0.1) is 0 Å². The van der Waals surface area contributed by atoms with Crippen molar-refractivity contribution in [2.75, 3.05) is 13.2 Å². The second-order valence-corrected chi connectivity index (χ2v) is 23.1. The highest BCUT2D eigenvalue weighted by molar-refractivity contribution is 5.71. The maximum Gasteiger partial charge on any atom is 0.306 e. The van der Waals surface area contributed by atoms with Crippen molar-refractivity contribution in [3.8, 4) is 0 Å². The largest absolute Gasteiger partial charge is 0.462 e. The Bertz CT molecular complexity index is 1270. The number of carbonyl (C=O) groups is 3. The molecule has 0 amide bonds. The predicted molar refractivity (Wildman–Crippen MR) is 330 cm³/mol. The molecule has 6 heteroatoms. The van der Waals surface area contributed by atoms with Crippen molar-refractivity contribution in [3.05, 3.63) is 36.5 Å². The van der Waals surface area contributed by atoms with Crippen molar-refractivity contribution >= 4 is 17.9 Å². The van der Waals surface area contributed by atoms with Crippen LogP contribution in [0.15, 0.2) is 36.5 Å². The molecular weight excluding hydrogens is 937 g/mol. The third-order valence-corrected chi connectivity index (χ3v) is 15.4. The second kappa shape index (κ2) is 65.2. The second-order valence-electron chi connectivity index (χ2n) is 23.1. The molecule has 0 fully saturated rings. The number of unbranched alkanes of at least 4 members (excludes halogenated alkanes) is 46. The highest BCUT2D eigenvalue weighted by Crippen LogP contribution is 2.18. The van der Waals surface area contributed by atoms with Gasteiger partial charge in [-0.3, -0.25) is 14.4 Å². The van der Waals surface area contributed by atoms with Crippen molar-refractivity contribution in [1.29, 1.82) is 0 Å². The summed E-state index contributed by atoms with van der Waals surface area (Å²) in [5, 5.41) is 0. The predicted octanol–water partition coefficient (Wildman–Crippen LogP) is 23.2. The molecule has 0 heterocycles. The SMILES string of the molecule is CCCCC/C=C\C/C=C\C/C=C\CCCCCCCCC(=O)OC(COC(=O)CCCCCCCCCCCC)COC(=O)CCCCCCCCCCCCCCCCCCCCCCCCCCCCCCC. The molecule has 76 heavy (non-hydrogen) atoms. The van der Waals surface area contributed by atoms with Crippen LogP contribution in [-0.2, 0) is 28.6 Å². The fourth-order valence-corrected chi connectivity index (χ4v) is 10.3. The molecule has 0 aromatic carbocycles. The van der Waals surface area contributed by atoms with Gasteiger partial charge in [0.2, 0.25) is 0 Å². The molecule has 0 aromatic rings. The molecule has 0 aromatic heterocycles. The molecule has 6 nitrogen and oxygen atoms in total. The first-order valence-electron chi connectivity index (χ1n) is 34.0. The average molecular weight is 1070 g/mol. The van der Waals surface area contributed by atoms with E-state index in [9.17, 15) is 14.4 Å². The van der Waals surface area contributed by atoms with Crippen LogP contribution in [-0.4, -0.2) is 37.2 Å². The molecule has 0 saturated heterocycles. The molecule has 0 aliphatic carbocycles. The van der Waals surface area contributed by atoms with E-state index in [2.05, 4.69) is 57.2 Å². The third kappa shape index (κ3) is 62.5. The van der Waals surface area contributed by atoms with E-state index in [0.29, 0.717) is 19.3 Å². The van der Waals surface area contributed by atoms with Crippen LogP contribution in [0.4, 0.5) is 0 Å². The van der Waals surface area contributed by atoms with Crippen LogP contribution in [0.2, 0.25) is 0 Å². The van der Waals surface area contributed by atoms with Gasteiger partial charge in [-0.05, 0) is 57.8 Å². The zero-order chi connectivity index (χ0) is 55.0. The third-order valence-electron chi connectivity index (χ3n) is 15.4. The van der Waals surface area contributed by atoms with Crippen molar-refractivity contribution in [1.82, 2.24) is 0 Å². The van der Waals surface area contributed by atoms with Gasteiger partial charge in [0.15, 0.2) is 6.10 Å². The Morgan fingerprint density at radius 1 is 0.263 bits per heavy atom. The Morgan fingerprint density at radius 3 is 0.763 bits per heavy atom. The Morgan fingerprint density at radius 2 is 0.474 bits per heavy atom. The summed E-state index contributed by atoms with van der Waals surface area (Å²) in [5.74, 6) is -0.863. The molecule has 1 atom stereocenters. The molecule has 0 aliphatic heterocycles. The number of rotatable bonds is 63. The van der Waals surface area contributed by atoms with Crippen molar-refractivity contribution in [2.45, 2.75) is 380 Å². The number of carbonyl (C=O) groups excluding carboxylic acids is 3. The minimum absolute atomic E-state index is 0.0725. The number of allylic oxidation sites excluding steroid dienone is 6. The van der Waals surface area contributed by atoms with Crippen molar-refractivity contribution < 1.29 is 28.6 Å². The Balaban J connectivity index is 4.13. The minimum Gasteiger partial charge on any atom is -0.462 e. The number of esters is 3. The molecule has 446 valence electrons. The van der Waals surface area contributed by atoms with E-state index in [1.807, 2.05) is 0 Å². The van der Waals surface area contributed by atoms with Gasteiger partial charge < -0.3 is 14.2 Å². The van der Waals surface area contributed by atoms with Gasteiger partial charge in [-0.15, -0.1) is 0 Å². The quantitative estimate of drug-likeness (QED) is 0.0261.